The van der Waals surface area contributed by atoms with Crippen molar-refractivity contribution in [1.29, 1.82) is 0 Å². The first-order valence-corrected chi connectivity index (χ1v) is 11.6. The summed E-state index contributed by atoms with van der Waals surface area (Å²) in [4.78, 5) is 4.71. The number of aromatic hydroxyl groups is 1. The van der Waals surface area contributed by atoms with Gasteiger partial charge in [-0.05, 0) is 53.0 Å². The van der Waals surface area contributed by atoms with Crippen LogP contribution in [0.4, 0.5) is 0 Å². The fourth-order valence-electron chi connectivity index (χ4n) is 4.55. The number of nitrogens with zero attached hydrogens (tertiary/aromatic N) is 3. The Balaban J connectivity index is 1.46. The van der Waals surface area contributed by atoms with E-state index in [2.05, 4.69) is 34.5 Å². The smallest absolute Gasteiger partial charge is 0.173 e. The molecule has 35 heavy (non-hydrogen) atoms. The highest BCUT2D eigenvalue weighted by Gasteiger charge is 2.23. The van der Waals surface area contributed by atoms with Crippen LogP contribution >= 0.6 is 0 Å². The highest BCUT2D eigenvalue weighted by Crippen LogP contribution is 2.34. The van der Waals surface area contributed by atoms with Crippen LogP contribution in [0.25, 0.3) is 22.4 Å². The number of methoxy groups -OCH3 is 1. The number of allylic oxidation sites excluding steroid dienone is 1. The van der Waals surface area contributed by atoms with Gasteiger partial charge in [0.2, 0.25) is 0 Å². The zero-order valence-corrected chi connectivity index (χ0v) is 20.2. The fourth-order valence-corrected chi connectivity index (χ4v) is 4.55. The second-order valence-corrected chi connectivity index (χ2v) is 8.83. The van der Waals surface area contributed by atoms with Crippen LogP contribution in [0.1, 0.15) is 11.3 Å². The Morgan fingerprint density at radius 3 is 2.54 bits per heavy atom. The van der Waals surface area contributed by atoms with Crippen molar-refractivity contribution in [2.75, 3.05) is 26.7 Å². The number of amidine groups is 1. The quantitative estimate of drug-likeness (QED) is 0.538. The fraction of sp³-hybridized carbons (Fsp3) is 0.214. The molecule has 3 heterocycles. The number of hydrogen-bond acceptors (Lipinski definition) is 6. The monoisotopic (exact) mass is 467 g/mol. The molecule has 178 valence electrons. The summed E-state index contributed by atoms with van der Waals surface area (Å²) < 4.78 is 7.07. The Morgan fingerprint density at radius 1 is 1.03 bits per heavy atom. The van der Waals surface area contributed by atoms with E-state index in [4.69, 9.17) is 9.73 Å². The molecule has 0 bridgehead atoms. The lowest BCUT2D eigenvalue weighted by atomic mass is 10.0. The van der Waals surface area contributed by atoms with Crippen LogP contribution in [-0.2, 0) is 7.05 Å². The van der Waals surface area contributed by atoms with Gasteiger partial charge < -0.3 is 20.5 Å². The van der Waals surface area contributed by atoms with Gasteiger partial charge in [-0.25, -0.2) is 0 Å². The van der Waals surface area contributed by atoms with Gasteiger partial charge in [0.15, 0.2) is 11.6 Å². The van der Waals surface area contributed by atoms with Crippen LogP contribution in [0.5, 0.6) is 11.5 Å². The van der Waals surface area contributed by atoms with E-state index in [1.165, 1.54) is 11.1 Å². The Bertz CT molecular complexity index is 1390. The summed E-state index contributed by atoms with van der Waals surface area (Å²) in [7, 11) is 3.48. The highest BCUT2D eigenvalue weighted by molar-refractivity contribution is 6.02. The third-order valence-corrected chi connectivity index (χ3v) is 6.28. The minimum atomic E-state index is 0.0814. The van der Waals surface area contributed by atoms with E-state index in [-0.39, 0.29) is 5.75 Å². The summed E-state index contributed by atoms with van der Waals surface area (Å²) in [6, 6.07) is 14.1. The van der Waals surface area contributed by atoms with Crippen molar-refractivity contribution in [2.45, 2.75) is 6.92 Å². The van der Waals surface area contributed by atoms with E-state index in [1.807, 2.05) is 49.4 Å². The normalized spacial score (nSPS) is 18.7. The number of aromatic nitrogens is 2. The van der Waals surface area contributed by atoms with Crippen LogP contribution < -0.4 is 15.4 Å². The first kappa shape index (κ1) is 22.7. The number of benzene rings is 2. The van der Waals surface area contributed by atoms with Gasteiger partial charge in [0.1, 0.15) is 17.1 Å². The standard InChI is InChI=1S/C28H29N5O2/c1-17-11-22(14-24(12-17)35-4)19-5-7-20(8-6-19)25-27(34)26(33(3)32-25)28-30-10-9-21-15-29-16-23(21)13-18(2)31-28/h5-9,11-14,29,34H,2,10,15-16H2,1,3-4H3,(H,30,31)/b21-9-,23-13-. The summed E-state index contributed by atoms with van der Waals surface area (Å²) in [6.07, 6.45) is 4.14. The summed E-state index contributed by atoms with van der Waals surface area (Å²) in [5, 5.41) is 22.4. The molecule has 2 aromatic carbocycles. The first-order chi connectivity index (χ1) is 16.9. The number of rotatable bonds is 4. The van der Waals surface area contributed by atoms with Gasteiger partial charge in [-0.1, -0.05) is 43.0 Å². The Hall–Kier alpha value is -4.10. The van der Waals surface area contributed by atoms with Crippen LogP contribution in [0.2, 0.25) is 0 Å². The molecule has 0 spiro atoms. The number of fused-ring (bicyclic) bond motifs is 1. The van der Waals surface area contributed by atoms with Gasteiger partial charge in [0, 0.05) is 31.4 Å². The Labute approximate surface area is 205 Å². The first-order valence-electron chi connectivity index (χ1n) is 11.6. The number of ether oxygens (including phenoxy) is 1. The largest absolute Gasteiger partial charge is 0.504 e. The predicted molar refractivity (Wildman–Crippen MR) is 140 cm³/mol. The zero-order valence-electron chi connectivity index (χ0n) is 20.2. The molecule has 0 atom stereocenters. The topological polar surface area (TPSA) is 83.7 Å². The molecule has 3 N–H and O–H groups in total. The molecule has 2 aliphatic heterocycles. The molecule has 1 aromatic heterocycles. The SMILES string of the molecule is C=C1/C=C2/CNC/C2=C/CN=C(c2c(O)c(-c3ccc(-c4cc(C)cc(OC)c4)cc3)nn2C)N1. The van der Waals surface area contributed by atoms with E-state index in [1.54, 1.807) is 18.8 Å². The molecule has 7 nitrogen and oxygen atoms in total. The summed E-state index contributed by atoms with van der Waals surface area (Å²) in [6.45, 7) is 8.32. The predicted octanol–water partition coefficient (Wildman–Crippen LogP) is 4.10. The van der Waals surface area contributed by atoms with Gasteiger partial charge in [-0.15, -0.1) is 0 Å². The van der Waals surface area contributed by atoms with E-state index in [0.717, 1.165) is 46.8 Å². The lowest BCUT2D eigenvalue weighted by Gasteiger charge is -2.11. The van der Waals surface area contributed by atoms with Crippen molar-refractivity contribution in [3.63, 3.8) is 0 Å². The second-order valence-electron chi connectivity index (χ2n) is 8.83. The van der Waals surface area contributed by atoms with Crippen molar-refractivity contribution in [1.82, 2.24) is 20.4 Å². The Kier molecular flexibility index (Phi) is 6.01. The van der Waals surface area contributed by atoms with Crippen LogP contribution in [0.3, 0.4) is 0 Å². The van der Waals surface area contributed by atoms with E-state index in [0.29, 0.717) is 23.8 Å². The molecular formula is C28H29N5O2. The lowest BCUT2D eigenvalue weighted by molar-refractivity contribution is 0.414. The molecule has 5 rings (SSSR count). The van der Waals surface area contributed by atoms with Gasteiger partial charge in [-0.3, -0.25) is 9.67 Å². The minimum Gasteiger partial charge on any atom is -0.504 e. The lowest BCUT2D eigenvalue weighted by Crippen LogP contribution is -2.25. The maximum atomic E-state index is 11.2. The maximum Gasteiger partial charge on any atom is 0.173 e. The van der Waals surface area contributed by atoms with E-state index >= 15 is 0 Å². The Morgan fingerprint density at radius 2 is 1.77 bits per heavy atom. The van der Waals surface area contributed by atoms with Gasteiger partial charge in [-0.2, -0.15) is 5.10 Å². The van der Waals surface area contributed by atoms with Crippen molar-refractivity contribution >= 4 is 5.84 Å². The molecular weight excluding hydrogens is 438 g/mol. The van der Waals surface area contributed by atoms with Gasteiger partial charge >= 0.3 is 0 Å². The van der Waals surface area contributed by atoms with Crippen LogP contribution in [-0.4, -0.2) is 47.5 Å². The summed E-state index contributed by atoms with van der Waals surface area (Å²) >= 11 is 0. The van der Waals surface area contributed by atoms with Crippen molar-refractivity contribution < 1.29 is 9.84 Å². The van der Waals surface area contributed by atoms with Gasteiger partial charge in [0.05, 0.1) is 13.7 Å². The number of hydrogen-bond donors (Lipinski definition) is 3. The van der Waals surface area contributed by atoms with E-state index < -0.39 is 0 Å². The zero-order chi connectivity index (χ0) is 24.5. The minimum absolute atomic E-state index is 0.0814. The molecule has 2 aliphatic rings. The van der Waals surface area contributed by atoms with Gasteiger partial charge in [0.25, 0.3) is 0 Å². The summed E-state index contributed by atoms with van der Waals surface area (Å²) in [5.41, 5.74) is 8.27. The van der Waals surface area contributed by atoms with E-state index in [9.17, 15) is 5.11 Å². The second kappa shape index (κ2) is 9.27. The molecule has 0 saturated carbocycles. The van der Waals surface area contributed by atoms with Crippen molar-refractivity contribution in [3.05, 3.63) is 89.3 Å². The molecule has 0 amide bonds. The number of nitrogens with one attached hydrogen (secondary N) is 2. The molecule has 7 heteroatoms. The van der Waals surface area contributed by atoms with Crippen LogP contribution in [0.15, 0.2) is 83.0 Å². The highest BCUT2D eigenvalue weighted by atomic mass is 16.5. The molecule has 1 fully saturated rings. The maximum absolute atomic E-state index is 11.2. The number of aliphatic imine (C=N–C) groups is 1. The van der Waals surface area contributed by atoms with Crippen molar-refractivity contribution in [2.24, 2.45) is 12.0 Å². The third kappa shape index (κ3) is 4.50. The van der Waals surface area contributed by atoms with Crippen LogP contribution in [0, 0.1) is 6.92 Å². The van der Waals surface area contributed by atoms with Crippen molar-refractivity contribution in [3.8, 4) is 33.9 Å². The third-order valence-electron chi connectivity index (χ3n) is 6.28. The average molecular weight is 468 g/mol. The average Bonchev–Trinajstić information content (AvgIpc) is 3.41. The molecule has 3 aromatic rings. The number of aryl methyl sites for hydroxylation is 2. The molecule has 0 radical (unpaired) electrons. The molecule has 1 saturated heterocycles. The summed E-state index contributed by atoms with van der Waals surface area (Å²) in [5.74, 6) is 1.45. The molecule has 0 aliphatic carbocycles. The molecule has 0 unspecified atom stereocenters.